The zero-order chi connectivity index (χ0) is 28.0. The van der Waals surface area contributed by atoms with Crippen molar-refractivity contribution in [1.82, 2.24) is 30.1 Å². The molecule has 4 heterocycles. The molecule has 10 heteroatoms. The van der Waals surface area contributed by atoms with Gasteiger partial charge in [0.2, 0.25) is 5.91 Å². The van der Waals surface area contributed by atoms with Gasteiger partial charge in [0.15, 0.2) is 5.82 Å². The number of phenolic OH excluding ortho intramolecular Hbond substituents is 1. The van der Waals surface area contributed by atoms with Crippen LogP contribution in [0.2, 0.25) is 0 Å². The number of benzene rings is 2. The van der Waals surface area contributed by atoms with Crippen molar-refractivity contribution in [2.24, 2.45) is 5.41 Å². The molecular formula is C30H26FN7O2. The van der Waals surface area contributed by atoms with E-state index in [1.807, 2.05) is 45.0 Å². The average Bonchev–Trinajstić information content (AvgIpc) is 3.50. The minimum Gasteiger partial charge on any atom is -0.508 e. The fourth-order valence-corrected chi connectivity index (χ4v) is 4.70. The third kappa shape index (κ3) is 4.98. The Bertz CT molecular complexity index is 1880. The Morgan fingerprint density at radius 2 is 1.82 bits per heavy atom. The van der Waals surface area contributed by atoms with Crippen LogP contribution in [0.5, 0.6) is 5.75 Å². The molecule has 4 aromatic heterocycles. The number of rotatable bonds is 5. The van der Waals surface area contributed by atoms with Gasteiger partial charge in [0.05, 0.1) is 28.6 Å². The molecule has 0 saturated heterocycles. The Morgan fingerprint density at radius 3 is 2.62 bits per heavy atom. The number of aromatic hydroxyl groups is 1. The van der Waals surface area contributed by atoms with Gasteiger partial charge in [-0.25, -0.2) is 9.37 Å². The lowest BCUT2D eigenvalue weighted by Gasteiger charge is -2.17. The minimum atomic E-state index is -0.567. The van der Waals surface area contributed by atoms with Gasteiger partial charge in [0.1, 0.15) is 22.8 Å². The Balaban J connectivity index is 1.37. The molecule has 6 aromatic rings. The molecule has 0 aliphatic rings. The molecule has 40 heavy (non-hydrogen) atoms. The molecule has 9 nitrogen and oxygen atoms in total. The Kier molecular flexibility index (Phi) is 6.02. The summed E-state index contributed by atoms with van der Waals surface area (Å²) in [5.41, 5.74) is 5.72. The van der Waals surface area contributed by atoms with Crippen molar-refractivity contribution in [1.29, 1.82) is 0 Å². The number of nitrogens with zero attached hydrogens (tertiary/aromatic N) is 4. The average molecular weight is 536 g/mol. The summed E-state index contributed by atoms with van der Waals surface area (Å²) in [6, 6.07) is 13.3. The summed E-state index contributed by atoms with van der Waals surface area (Å²) in [4.78, 5) is 29.2. The summed E-state index contributed by atoms with van der Waals surface area (Å²) in [6.45, 7) is 6.06. The predicted molar refractivity (Wildman–Crippen MR) is 152 cm³/mol. The van der Waals surface area contributed by atoms with Crippen molar-refractivity contribution >= 4 is 33.5 Å². The van der Waals surface area contributed by atoms with Crippen LogP contribution in [0.1, 0.15) is 27.2 Å². The Morgan fingerprint density at radius 1 is 0.975 bits per heavy atom. The standard InChI is InChI=1S/C30H26FN7O2/c1-30(2,3)13-25(40)34-20-9-18(14-32-15-20)16-4-5-23-22(11-16)27(38-37-23)29-35-24-6-7-33-26(28(24)36-29)17-8-19(31)12-21(39)10-17/h4-12,14-15,39H,13H2,1-3H3,(H,34,40)(H,35,36)(H,37,38). The van der Waals surface area contributed by atoms with Gasteiger partial charge < -0.3 is 15.4 Å². The molecule has 4 N–H and O–H groups in total. The molecule has 2 aromatic carbocycles. The largest absolute Gasteiger partial charge is 0.508 e. The van der Waals surface area contributed by atoms with Crippen molar-refractivity contribution < 1.29 is 14.3 Å². The highest BCUT2D eigenvalue weighted by Gasteiger charge is 2.18. The number of imidazole rings is 1. The molecule has 0 bridgehead atoms. The molecule has 0 aliphatic carbocycles. The molecule has 1 amide bonds. The predicted octanol–water partition coefficient (Wildman–Crippen LogP) is 6.45. The highest BCUT2D eigenvalue weighted by atomic mass is 19.1. The van der Waals surface area contributed by atoms with E-state index in [4.69, 9.17) is 4.98 Å². The maximum atomic E-state index is 14.0. The summed E-state index contributed by atoms with van der Waals surface area (Å²) < 4.78 is 14.0. The molecular weight excluding hydrogens is 509 g/mol. The number of aromatic nitrogens is 6. The lowest BCUT2D eigenvalue weighted by atomic mass is 9.92. The third-order valence-electron chi connectivity index (χ3n) is 6.39. The van der Waals surface area contributed by atoms with Gasteiger partial charge in [-0.3, -0.25) is 19.9 Å². The monoisotopic (exact) mass is 535 g/mol. The maximum absolute atomic E-state index is 14.0. The number of hydrogen-bond acceptors (Lipinski definition) is 6. The summed E-state index contributed by atoms with van der Waals surface area (Å²) >= 11 is 0. The van der Waals surface area contributed by atoms with E-state index in [1.165, 1.54) is 12.1 Å². The number of fused-ring (bicyclic) bond motifs is 2. The summed E-state index contributed by atoms with van der Waals surface area (Å²) in [5.74, 6) is -0.314. The number of phenols is 1. The van der Waals surface area contributed by atoms with Gasteiger partial charge in [-0.1, -0.05) is 26.8 Å². The first-order valence-electron chi connectivity index (χ1n) is 12.7. The summed E-state index contributed by atoms with van der Waals surface area (Å²) in [6.07, 6.45) is 5.37. The van der Waals surface area contributed by atoms with Crippen LogP contribution in [0.4, 0.5) is 10.1 Å². The maximum Gasteiger partial charge on any atom is 0.224 e. The number of halogens is 1. The second-order valence-electron chi connectivity index (χ2n) is 10.9. The van der Waals surface area contributed by atoms with Crippen LogP contribution < -0.4 is 5.32 Å². The van der Waals surface area contributed by atoms with Crippen molar-refractivity contribution in [2.75, 3.05) is 5.32 Å². The van der Waals surface area contributed by atoms with Gasteiger partial charge in [-0.2, -0.15) is 5.10 Å². The van der Waals surface area contributed by atoms with E-state index in [0.29, 0.717) is 45.9 Å². The first kappa shape index (κ1) is 25.2. The third-order valence-corrected chi connectivity index (χ3v) is 6.39. The van der Waals surface area contributed by atoms with Crippen LogP contribution in [-0.2, 0) is 4.79 Å². The van der Waals surface area contributed by atoms with Crippen LogP contribution in [0.15, 0.2) is 67.1 Å². The van der Waals surface area contributed by atoms with Crippen molar-refractivity contribution in [3.8, 4) is 39.7 Å². The smallest absolute Gasteiger partial charge is 0.224 e. The summed E-state index contributed by atoms with van der Waals surface area (Å²) in [7, 11) is 0. The van der Waals surface area contributed by atoms with Gasteiger partial charge in [0, 0.05) is 41.4 Å². The van der Waals surface area contributed by atoms with Crippen molar-refractivity contribution in [3.05, 3.63) is 72.9 Å². The molecule has 0 fully saturated rings. The Labute approximate surface area is 228 Å². The van der Waals surface area contributed by atoms with Crippen LogP contribution in [-0.4, -0.2) is 41.1 Å². The van der Waals surface area contributed by atoms with Gasteiger partial charge in [0.25, 0.3) is 0 Å². The topological polar surface area (TPSA) is 132 Å². The number of nitrogens with one attached hydrogen (secondary N) is 3. The number of aromatic amines is 2. The van der Waals surface area contributed by atoms with Crippen LogP contribution in [0.3, 0.4) is 0 Å². The highest BCUT2D eigenvalue weighted by molar-refractivity contribution is 5.98. The SMILES string of the molecule is CC(C)(C)CC(=O)Nc1cncc(-c2ccc3[nH]nc(-c4nc5c(-c6cc(O)cc(F)c6)nccc5[nH]4)c3c2)c1. The molecule has 0 aliphatic heterocycles. The first-order valence-corrected chi connectivity index (χ1v) is 12.7. The number of hydrogen-bond donors (Lipinski definition) is 4. The van der Waals surface area contributed by atoms with E-state index in [0.717, 1.165) is 28.1 Å². The van der Waals surface area contributed by atoms with Crippen molar-refractivity contribution in [2.45, 2.75) is 27.2 Å². The molecule has 0 unspecified atom stereocenters. The fourth-order valence-electron chi connectivity index (χ4n) is 4.70. The zero-order valence-electron chi connectivity index (χ0n) is 22.1. The zero-order valence-corrected chi connectivity index (χ0v) is 22.1. The lowest BCUT2D eigenvalue weighted by Crippen LogP contribution is -2.19. The Hall–Kier alpha value is -5.12. The second kappa shape index (κ2) is 9.57. The second-order valence-corrected chi connectivity index (χ2v) is 10.9. The van der Waals surface area contributed by atoms with E-state index in [2.05, 4.69) is 30.5 Å². The van der Waals surface area contributed by atoms with Gasteiger partial charge in [-0.05, 0) is 47.4 Å². The number of pyridine rings is 2. The van der Waals surface area contributed by atoms with E-state index >= 15 is 0 Å². The highest BCUT2D eigenvalue weighted by Crippen LogP contribution is 2.33. The quantitative estimate of drug-likeness (QED) is 0.201. The van der Waals surface area contributed by atoms with E-state index in [9.17, 15) is 14.3 Å². The van der Waals surface area contributed by atoms with Crippen molar-refractivity contribution in [3.63, 3.8) is 0 Å². The van der Waals surface area contributed by atoms with Crippen LogP contribution >= 0.6 is 0 Å². The number of H-pyrrole nitrogens is 2. The van der Waals surface area contributed by atoms with Gasteiger partial charge in [-0.15, -0.1) is 0 Å². The number of carbonyl (C=O) groups excluding carboxylic acids is 1. The first-order chi connectivity index (χ1) is 19.1. The van der Waals surface area contributed by atoms with E-state index in [1.54, 1.807) is 24.7 Å². The number of amides is 1. The van der Waals surface area contributed by atoms with Gasteiger partial charge >= 0.3 is 0 Å². The lowest BCUT2D eigenvalue weighted by molar-refractivity contribution is -0.117. The minimum absolute atomic E-state index is 0.0637. The molecule has 0 saturated carbocycles. The van der Waals surface area contributed by atoms with E-state index in [-0.39, 0.29) is 17.1 Å². The fraction of sp³-hybridized carbons (Fsp3) is 0.167. The van der Waals surface area contributed by atoms with E-state index < -0.39 is 5.82 Å². The van der Waals surface area contributed by atoms with Crippen LogP contribution in [0.25, 0.3) is 55.8 Å². The molecule has 6 rings (SSSR count). The molecule has 0 radical (unpaired) electrons. The summed E-state index contributed by atoms with van der Waals surface area (Å²) in [5, 5.41) is 21.2. The van der Waals surface area contributed by atoms with Crippen LogP contribution in [0, 0.1) is 11.2 Å². The number of carbonyl (C=O) groups is 1. The molecule has 200 valence electrons. The number of anilines is 1. The molecule has 0 spiro atoms. The molecule has 0 atom stereocenters. The normalized spacial score (nSPS) is 11.8.